The number of nitrogens with zero attached hydrogens (tertiary/aromatic N) is 4. The van der Waals surface area contributed by atoms with Gasteiger partial charge in [-0.25, -0.2) is 25.6 Å². The lowest BCUT2D eigenvalue weighted by molar-refractivity contribution is -0.173. The van der Waals surface area contributed by atoms with Gasteiger partial charge in [0, 0.05) is 22.3 Å². The number of sulfonamides is 2. The number of benzene rings is 4. The molecule has 0 saturated carbocycles. The maximum atomic E-state index is 14.6. The third-order valence-corrected chi connectivity index (χ3v) is 10.6. The molecule has 352 valence electrons. The molecule has 12 nitrogen and oxygen atoms in total. The van der Waals surface area contributed by atoms with Crippen molar-refractivity contribution in [3.8, 4) is 11.5 Å². The van der Waals surface area contributed by atoms with Crippen LogP contribution in [0.4, 0.5) is 72.8 Å². The number of nitrogens with one attached hydrogen (secondary N) is 1. The average Bonchev–Trinajstić information content (AvgIpc) is 3.69. The second-order valence-electron chi connectivity index (χ2n) is 13.3. The van der Waals surface area contributed by atoms with Gasteiger partial charge in [0.15, 0.2) is 5.78 Å². The van der Waals surface area contributed by atoms with Crippen molar-refractivity contribution in [1.82, 2.24) is 15.5 Å². The van der Waals surface area contributed by atoms with Gasteiger partial charge >= 0.3 is 36.5 Å². The second kappa shape index (κ2) is 19.0. The molecule has 65 heavy (non-hydrogen) atoms. The number of Topliss-reactive ketones (excluding diaryl/α,β-unsaturated/α-hetero) is 1. The van der Waals surface area contributed by atoms with E-state index in [9.17, 15) is 87.9 Å². The fourth-order valence-corrected chi connectivity index (χ4v) is 7.00. The molecule has 1 aromatic heterocycles. The molecule has 28 heteroatoms. The van der Waals surface area contributed by atoms with Crippen LogP contribution < -0.4 is 13.9 Å². The molecule has 0 radical (unpaired) electrons. The van der Waals surface area contributed by atoms with Gasteiger partial charge in [0.25, 0.3) is 0 Å². The molecule has 0 bridgehead atoms. The van der Waals surface area contributed by atoms with Crippen molar-refractivity contribution >= 4 is 43.1 Å². The zero-order valence-corrected chi connectivity index (χ0v) is 34.1. The fraction of sp³-hybridized carbons (Fsp3) is 0.243. The minimum absolute atomic E-state index is 0.209. The molecule has 0 aliphatic rings. The Bertz CT molecular complexity index is 2770. The molecule has 0 saturated heterocycles. The van der Waals surface area contributed by atoms with Crippen molar-refractivity contribution in [2.75, 3.05) is 27.7 Å². The fourth-order valence-electron chi connectivity index (χ4n) is 5.26. The number of carbonyl (C=O) groups is 2. The normalized spacial score (nSPS) is 12.6. The third-order valence-electron chi connectivity index (χ3n) is 8.36. The summed E-state index contributed by atoms with van der Waals surface area (Å²) in [6.45, 7) is -2.48. The van der Waals surface area contributed by atoms with Crippen molar-refractivity contribution in [3.63, 3.8) is 0 Å². The molecular formula is C37H27F14N5O7S2. The lowest BCUT2D eigenvalue weighted by Crippen LogP contribution is -2.39. The Hall–Kier alpha value is -6.32. The topological polar surface area (TPSA) is 160 Å². The van der Waals surface area contributed by atoms with E-state index in [2.05, 4.69) is 14.6 Å². The van der Waals surface area contributed by atoms with Crippen LogP contribution in [-0.2, 0) is 56.5 Å². The molecule has 0 fully saturated rings. The number of carbonyl (C=O) groups excluding carboxylic acids is 2. The first-order valence-electron chi connectivity index (χ1n) is 17.3. The summed E-state index contributed by atoms with van der Waals surface area (Å²) in [5, 5.41) is 7.34. The van der Waals surface area contributed by atoms with E-state index >= 15 is 0 Å². The van der Waals surface area contributed by atoms with Crippen LogP contribution in [0.2, 0.25) is 0 Å². The molecular weight excluding hydrogens is 957 g/mol. The second-order valence-corrected chi connectivity index (χ2v) is 17.1. The smallest absolute Gasteiger partial charge is 0.413 e. The number of hydrogen-bond donors (Lipinski definition) is 1. The number of amides is 1. The number of hydrogen-bond acceptors (Lipinski definition) is 9. The summed E-state index contributed by atoms with van der Waals surface area (Å²) in [6, 6.07) is 12.3. The first-order valence-corrected chi connectivity index (χ1v) is 21.0. The number of ketones is 1. The monoisotopic (exact) mass is 983 g/mol. The summed E-state index contributed by atoms with van der Waals surface area (Å²) in [6.07, 6.45) is -18.2. The van der Waals surface area contributed by atoms with Gasteiger partial charge in [-0.05, 0) is 54.6 Å². The van der Waals surface area contributed by atoms with E-state index in [0.29, 0.717) is 33.1 Å². The van der Waals surface area contributed by atoms with Crippen molar-refractivity contribution in [2.24, 2.45) is 0 Å². The molecule has 0 aliphatic heterocycles. The molecule has 4 aromatic carbocycles. The minimum Gasteiger partial charge on any atom is -0.413 e. The first kappa shape index (κ1) is 51.3. The highest BCUT2D eigenvalue weighted by Gasteiger charge is 2.40. The van der Waals surface area contributed by atoms with Crippen LogP contribution in [0.3, 0.4) is 0 Å². The zero-order chi connectivity index (χ0) is 49.1. The van der Waals surface area contributed by atoms with Gasteiger partial charge in [-0.2, -0.15) is 52.7 Å². The summed E-state index contributed by atoms with van der Waals surface area (Å²) >= 11 is 0. The standard InChI is InChI=1S/C19H15F7N2O4S.C18H12F7N3O3S/c1-33(31,32)28(14-4-2-3-13(8-14)18(21,22)23)10-12-6-5-11(7-15(12)20)16(29)9-27-17(30)19(24,25)26;1-32(29,30)28(13-4-2-3-12(8-13)17(20,21)22)9-11-6-5-10(7-14(11)19)15-26-27-16(31-15)18(23,24)25/h2-8H,9-10H2,1H3,(H,27,30);2-8H,9H2,1H3. The van der Waals surface area contributed by atoms with Crippen LogP contribution in [0.25, 0.3) is 11.5 Å². The molecule has 0 atom stereocenters. The van der Waals surface area contributed by atoms with Crippen LogP contribution in [0.1, 0.15) is 38.5 Å². The van der Waals surface area contributed by atoms with Crippen LogP contribution in [-0.4, -0.2) is 64.0 Å². The van der Waals surface area contributed by atoms with E-state index in [1.807, 2.05) is 0 Å². The molecule has 5 rings (SSSR count). The van der Waals surface area contributed by atoms with E-state index < -0.39 is 116 Å². The van der Waals surface area contributed by atoms with Crippen LogP contribution >= 0.6 is 0 Å². The van der Waals surface area contributed by atoms with Gasteiger partial charge in [0.2, 0.25) is 25.9 Å². The van der Waals surface area contributed by atoms with Gasteiger partial charge < -0.3 is 9.73 Å². The van der Waals surface area contributed by atoms with Crippen LogP contribution in [0.5, 0.6) is 0 Å². The summed E-state index contributed by atoms with van der Waals surface area (Å²) < 4.78 is 235. The van der Waals surface area contributed by atoms with Gasteiger partial charge in [-0.15, -0.1) is 10.2 Å². The summed E-state index contributed by atoms with van der Waals surface area (Å²) in [5.41, 5.74) is -4.17. The van der Waals surface area contributed by atoms with Gasteiger partial charge in [0.05, 0.1) is 54.6 Å². The highest BCUT2D eigenvalue weighted by Crippen LogP contribution is 2.35. The largest absolute Gasteiger partial charge is 0.471 e. The Balaban J connectivity index is 0.000000285. The maximum absolute atomic E-state index is 14.6. The quantitative estimate of drug-likeness (QED) is 0.0955. The predicted molar refractivity (Wildman–Crippen MR) is 199 cm³/mol. The number of aromatic nitrogens is 2. The number of anilines is 2. The predicted octanol–water partition coefficient (Wildman–Crippen LogP) is 8.55. The van der Waals surface area contributed by atoms with Crippen molar-refractivity contribution in [2.45, 2.75) is 37.8 Å². The van der Waals surface area contributed by atoms with E-state index in [0.717, 1.165) is 73.0 Å². The zero-order valence-electron chi connectivity index (χ0n) is 32.5. The molecule has 0 unspecified atom stereocenters. The first-order chi connectivity index (χ1) is 29.7. The van der Waals surface area contributed by atoms with Crippen molar-refractivity contribution in [1.29, 1.82) is 0 Å². The molecule has 5 aromatic rings. The molecule has 1 heterocycles. The van der Waals surface area contributed by atoms with Crippen molar-refractivity contribution < 1.29 is 92.3 Å². The third kappa shape index (κ3) is 13.8. The Kier molecular flexibility index (Phi) is 15.0. The Labute approximate surface area is 357 Å². The Morgan fingerprint density at radius 3 is 1.46 bits per heavy atom. The van der Waals surface area contributed by atoms with Crippen molar-refractivity contribution in [3.05, 3.63) is 130 Å². The highest BCUT2D eigenvalue weighted by molar-refractivity contribution is 7.92. The average molecular weight is 984 g/mol. The molecule has 1 amide bonds. The lowest BCUT2D eigenvalue weighted by Gasteiger charge is -2.24. The van der Waals surface area contributed by atoms with E-state index in [4.69, 9.17) is 0 Å². The number of rotatable bonds is 12. The number of halogens is 14. The highest BCUT2D eigenvalue weighted by atomic mass is 32.2. The van der Waals surface area contributed by atoms with E-state index in [-0.39, 0.29) is 28.1 Å². The van der Waals surface area contributed by atoms with Crippen LogP contribution in [0, 0.1) is 11.6 Å². The SMILES string of the molecule is CS(=O)(=O)N(Cc1ccc(-c2nnc(C(F)(F)F)o2)cc1F)c1cccc(C(F)(F)F)c1.CS(=O)(=O)N(Cc1ccc(C(=O)CNC(=O)C(F)(F)F)cc1F)c1cccc(C(F)(F)F)c1. The summed E-state index contributed by atoms with van der Waals surface area (Å²) in [4.78, 5) is 22.7. The van der Waals surface area contributed by atoms with Gasteiger partial charge in [0.1, 0.15) is 11.6 Å². The van der Waals surface area contributed by atoms with E-state index in [1.54, 1.807) is 0 Å². The summed E-state index contributed by atoms with van der Waals surface area (Å²) in [5.74, 6) is -7.86. The lowest BCUT2D eigenvalue weighted by atomic mass is 10.1. The van der Waals surface area contributed by atoms with E-state index in [1.165, 1.54) is 5.32 Å². The molecule has 1 N–H and O–H groups in total. The molecule has 0 spiro atoms. The molecule has 0 aliphatic carbocycles. The minimum atomic E-state index is -5.21. The Morgan fingerprint density at radius 1 is 0.615 bits per heavy atom. The number of alkyl halides is 12. The Morgan fingerprint density at radius 2 is 1.08 bits per heavy atom. The van der Waals surface area contributed by atoms with Gasteiger partial charge in [-0.1, -0.05) is 30.3 Å². The van der Waals surface area contributed by atoms with Gasteiger partial charge in [-0.3, -0.25) is 18.2 Å². The maximum Gasteiger partial charge on any atom is 0.471 e. The summed E-state index contributed by atoms with van der Waals surface area (Å²) in [7, 11) is -8.31. The van der Waals surface area contributed by atoms with Crippen LogP contribution in [0.15, 0.2) is 89.3 Å².